The predicted molar refractivity (Wildman–Crippen MR) is 159 cm³/mol. The van der Waals surface area contributed by atoms with Crippen molar-refractivity contribution in [2.24, 2.45) is 18.9 Å². The van der Waals surface area contributed by atoms with Crippen LogP contribution in [0.15, 0.2) is 30.6 Å². The van der Waals surface area contributed by atoms with E-state index in [0.717, 1.165) is 66.8 Å². The van der Waals surface area contributed by atoms with E-state index in [-0.39, 0.29) is 5.82 Å². The first-order chi connectivity index (χ1) is 19.4. The van der Waals surface area contributed by atoms with Gasteiger partial charge in [0.2, 0.25) is 10.0 Å². The molecule has 1 aliphatic heterocycles. The molecule has 218 valence electrons. The van der Waals surface area contributed by atoms with Crippen molar-refractivity contribution in [3.8, 4) is 11.3 Å². The summed E-state index contributed by atoms with van der Waals surface area (Å²) in [6.45, 7) is 9.27. The number of pyridine rings is 1. The average molecular weight is 580 g/mol. The lowest BCUT2D eigenvalue weighted by molar-refractivity contribution is 0.175. The highest BCUT2D eigenvalue weighted by Gasteiger charge is 2.48. The standard InChI is InChI=1S/C30H38FN7O2S/c1-18-7-6-8-38(15-18)16-22-12-23-20(3)9-24(27(31)28(23)33-22)25-10-21(11-26(34-25)36-41(5,39)40)30(13-19(2)14-30)29-35-32-17-37(29)4/h9-12,17-19,33H,6-8,13-16H2,1-5H3,(H,34,36)/t18-,19?,30?/m0/s1. The van der Waals surface area contributed by atoms with E-state index < -0.39 is 21.3 Å². The van der Waals surface area contributed by atoms with Crippen LogP contribution in [0.4, 0.5) is 10.2 Å². The Hall–Kier alpha value is -3.31. The molecule has 1 atom stereocenters. The molecule has 9 nitrogen and oxygen atoms in total. The SMILES string of the molecule is Cc1cc(-c2cc(C3(c4nncn4C)CC(C)C3)cc(NS(C)(=O)=O)n2)c(F)c2[nH]c(CN3CCC[C@H](C)C3)cc12. The van der Waals surface area contributed by atoms with Gasteiger partial charge in [-0.25, -0.2) is 17.8 Å². The first-order valence-corrected chi connectivity index (χ1v) is 16.2. The lowest BCUT2D eigenvalue weighted by Crippen LogP contribution is -2.43. The van der Waals surface area contributed by atoms with Crippen LogP contribution >= 0.6 is 0 Å². The zero-order chi connectivity index (χ0) is 29.1. The van der Waals surface area contributed by atoms with Crippen LogP contribution in [-0.2, 0) is 29.0 Å². The van der Waals surface area contributed by atoms with Crippen LogP contribution in [0.5, 0.6) is 0 Å². The molecule has 1 aromatic carbocycles. The maximum absolute atomic E-state index is 16.3. The zero-order valence-corrected chi connectivity index (χ0v) is 25.1. The summed E-state index contributed by atoms with van der Waals surface area (Å²) in [5.41, 5.74) is 3.43. The second-order valence-corrected chi connectivity index (χ2v) is 14.2. The molecule has 1 saturated heterocycles. The Kier molecular flexibility index (Phi) is 6.93. The Morgan fingerprint density at radius 2 is 1.95 bits per heavy atom. The third kappa shape index (κ3) is 5.25. The zero-order valence-electron chi connectivity index (χ0n) is 24.3. The lowest BCUT2D eigenvalue weighted by atomic mass is 9.58. The minimum Gasteiger partial charge on any atom is -0.355 e. The van der Waals surface area contributed by atoms with Gasteiger partial charge in [0.05, 0.1) is 22.9 Å². The van der Waals surface area contributed by atoms with Gasteiger partial charge in [-0.15, -0.1) is 10.2 Å². The van der Waals surface area contributed by atoms with Crippen molar-refractivity contribution in [2.45, 2.75) is 58.4 Å². The van der Waals surface area contributed by atoms with Crippen molar-refractivity contribution in [3.05, 3.63) is 59.1 Å². The molecule has 4 aromatic rings. The molecule has 2 aliphatic rings. The minimum atomic E-state index is -3.62. The number of halogens is 1. The molecule has 2 fully saturated rings. The van der Waals surface area contributed by atoms with Crippen molar-refractivity contribution >= 4 is 26.7 Å². The molecule has 0 amide bonds. The third-order valence-electron chi connectivity index (χ3n) is 8.73. The predicted octanol–water partition coefficient (Wildman–Crippen LogP) is 5.13. The number of piperidine rings is 1. The number of aromatic nitrogens is 5. The number of fused-ring (bicyclic) bond motifs is 1. The molecule has 1 aliphatic carbocycles. The number of aromatic amines is 1. The van der Waals surface area contributed by atoms with Gasteiger partial charge in [-0.1, -0.05) is 13.8 Å². The summed E-state index contributed by atoms with van der Waals surface area (Å²) in [4.78, 5) is 10.4. The van der Waals surface area contributed by atoms with E-state index in [1.165, 1.54) is 12.8 Å². The molecule has 11 heteroatoms. The first kappa shape index (κ1) is 27.8. The Labute approximate surface area is 240 Å². The minimum absolute atomic E-state index is 0.157. The summed E-state index contributed by atoms with van der Waals surface area (Å²) in [6, 6.07) is 7.50. The molecular weight excluding hydrogens is 541 g/mol. The van der Waals surface area contributed by atoms with Crippen LogP contribution in [0.2, 0.25) is 0 Å². The van der Waals surface area contributed by atoms with Gasteiger partial charge in [-0.05, 0) is 86.4 Å². The van der Waals surface area contributed by atoms with Gasteiger partial charge in [0.25, 0.3) is 0 Å². The van der Waals surface area contributed by atoms with Crippen LogP contribution in [0.25, 0.3) is 22.2 Å². The Morgan fingerprint density at radius 1 is 1.17 bits per heavy atom. The number of nitrogens with one attached hydrogen (secondary N) is 2. The Morgan fingerprint density at radius 3 is 2.61 bits per heavy atom. The fraction of sp³-hybridized carbons (Fsp3) is 0.500. The third-order valence-corrected chi connectivity index (χ3v) is 9.31. The second kappa shape index (κ2) is 10.2. The van der Waals surface area contributed by atoms with Crippen LogP contribution in [0.1, 0.15) is 62.2 Å². The summed E-state index contributed by atoms with van der Waals surface area (Å²) in [5.74, 6) is 1.67. The number of benzene rings is 1. The number of nitrogens with zero attached hydrogens (tertiary/aromatic N) is 5. The lowest BCUT2D eigenvalue weighted by Gasteiger charge is -2.46. The quantitative estimate of drug-likeness (QED) is 0.314. The summed E-state index contributed by atoms with van der Waals surface area (Å²) in [5, 5.41) is 9.38. The monoisotopic (exact) mass is 579 g/mol. The van der Waals surface area contributed by atoms with Crippen molar-refractivity contribution in [3.63, 3.8) is 0 Å². The highest BCUT2D eigenvalue weighted by atomic mass is 32.2. The van der Waals surface area contributed by atoms with E-state index in [9.17, 15) is 8.42 Å². The summed E-state index contributed by atoms with van der Waals surface area (Å²) < 4.78 is 45.3. The van der Waals surface area contributed by atoms with Crippen LogP contribution in [0.3, 0.4) is 0 Å². The molecule has 4 heterocycles. The number of sulfonamides is 1. The number of aryl methyl sites for hydroxylation is 2. The highest BCUT2D eigenvalue weighted by molar-refractivity contribution is 7.92. The van der Waals surface area contributed by atoms with Crippen molar-refractivity contribution in [2.75, 3.05) is 24.1 Å². The Bertz CT molecular complexity index is 1720. The van der Waals surface area contributed by atoms with Crippen LogP contribution in [0, 0.1) is 24.6 Å². The number of rotatable bonds is 7. The second-order valence-electron chi connectivity index (χ2n) is 12.5. The summed E-state index contributed by atoms with van der Waals surface area (Å²) in [7, 11) is -1.71. The van der Waals surface area contributed by atoms with Gasteiger partial charge in [-0.3, -0.25) is 9.62 Å². The molecule has 3 aromatic heterocycles. The summed E-state index contributed by atoms with van der Waals surface area (Å²) >= 11 is 0. The van der Waals surface area contributed by atoms with Crippen molar-refractivity contribution < 1.29 is 12.8 Å². The first-order valence-electron chi connectivity index (χ1n) is 14.3. The number of H-pyrrole nitrogens is 1. The molecular formula is C30H38FN7O2S. The molecule has 41 heavy (non-hydrogen) atoms. The van der Waals surface area contributed by atoms with E-state index in [1.807, 2.05) is 30.7 Å². The fourth-order valence-electron chi connectivity index (χ4n) is 7.01. The average Bonchev–Trinajstić information content (AvgIpc) is 3.50. The van der Waals surface area contributed by atoms with Crippen molar-refractivity contribution in [1.29, 1.82) is 0 Å². The largest absolute Gasteiger partial charge is 0.355 e. The highest BCUT2D eigenvalue weighted by Crippen LogP contribution is 2.52. The van der Waals surface area contributed by atoms with Crippen LogP contribution in [-0.4, -0.2) is 57.4 Å². The fourth-order valence-corrected chi connectivity index (χ4v) is 7.49. The smallest absolute Gasteiger partial charge is 0.230 e. The number of hydrogen-bond donors (Lipinski definition) is 2. The van der Waals surface area contributed by atoms with E-state index in [1.54, 1.807) is 12.4 Å². The molecule has 0 spiro atoms. The van der Waals surface area contributed by atoms with Gasteiger partial charge in [0.1, 0.15) is 18.0 Å². The van der Waals surface area contributed by atoms with Gasteiger partial charge in [0.15, 0.2) is 5.82 Å². The Balaban J connectivity index is 1.46. The molecule has 0 radical (unpaired) electrons. The summed E-state index contributed by atoms with van der Waals surface area (Å²) in [6.07, 6.45) is 6.82. The normalized spacial score (nSPS) is 23.6. The number of hydrogen-bond acceptors (Lipinski definition) is 6. The van der Waals surface area contributed by atoms with E-state index in [4.69, 9.17) is 0 Å². The van der Waals surface area contributed by atoms with E-state index in [0.29, 0.717) is 28.6 Å². The number of anilines is 1. The molecule has 0 unspecified atom stereocenters. The van der Waals surface area contributed by atoms with Gasteiger partial charge in [-0.2, -0.15) is 0 Å². The maximum Gasteiger partial charge on any atom is 0.230 e. The van der Waals surface area contributed by atoms with Crippen molar-refractivity contribution in [1.82, 2.24) is 29.6 Å². The van der Waals surface area contributed by atoms with E-state index >= 15 is 4.39 Å². The van der Waals surface area contributed by atoms with Gasteiger partial charge < -0.3 is 9.55 Å². The van der Waals surface area contributed by atoms with E-state index in [2.05, 4.69) is 49.7 Å². The van der Waals surface area contributed by atoms with Gasteiger partial charge in [0, 0.05) is 36.8 Å². The van der Waals surface area contributed by atoms with Gasteiger partial charge >= 0.3 is 0 Å². The molecule has 0 bridgehead atoms. The molecule has 1 saturated carbocycles. The maximum atomic E-state index is 16.3. The topological polar surface area (TPSA) is 109 Å². The number of likely N-dealkylation sites (tertiary alicyclic amines) is 1. The van der Waals surface area contributed by atoms with Crippen LogP contribution < -0.4 is 4.72 Å². The molecule has 6 rings (SSSR count). The molecule has 2 N–H and O–H groups in total.